The fourth-order valence-electron chi connectivity index (χ4n) is 0. The second-order valence-corrected chi connectivity index (χ2v) is 10.5. The SMILES string of the molecule is C.[Cl][Ir]([Cl])[Cl]. The van der Waals surface area contributed by atoms with Gasteiger partial charge in [-0.3, -0.25) is 0 Å². The van der Waals surface area contributed by atoms with Gasteiger partial charge in [0.2, 0.25) is 0 Å². The molecule has 0 aromatic rings. The second kappa shape index (κ2) is 5.52. The Morgan fingerprint density at radius 3 is 1.00 bits per heavy atom. The molecule has 0 amide bonds. The van der Waals surface area contributed by atoms with Crippen LogP contribution in [0.1, 0.15) is 7.43 Å². The van der Waals surface area contributed by atoms with Gasteiger partial charge < -0.3 is 0 Å². The van der Waals surface area contributed by atoms with Crippen LogP contribution in [-0.2, 0) is 13.5 Å². The van der Waals surface area contributed by atoms with E-state index in [1.54, 1.807) is 0 Å². The number of hydrogen-bond donors (Lipinski definition) is 0. The summed E-state index contributed by atoms with van der Waals surface area (Å²) in [6, 6.07) is 0. The first-order chi connectivity index (χ1) is 1.73. The van der Waals surface area contributed by atoms with Gasteiger partial charge in [0.05, 0.1) is 0 Å². The molecule has 4 heteroatoms. The average molecular weight is 315 g/mol. The van der Waals surface area contributed by atoms with Gasteiger partial charge in [0.1, 0.15) is 0 Å². The van der Waals surface area contributed by atoms with Gasteiger partial charge in [-0.15, -0.1) is 0 Å². The van der Waals surface area contributed by atoms with Gasteiger partial charge in [0.25, 0.3) is 0 Å². The van der Waals surface area contributed by atoms with Crippen molar-refractivity contribution >= 4 is 28.8 Å². The minimum atomic E-state index is -1.92. The van der Waals surface area contributed by atoms with E-state index in [9.17, 15) is 0 Å². The van der Waals surface area contributed by atoms with Crippen LogP contribution in [0.2, 0.25) is 0 Å². The van der Waals surface area contributed by atoms with Crippen LogP contribution in [0.5, 0.6) is 0 Å². The molecule has 0 fully saturated rings. The number of halogens is 3. The Hall–Kier alpha value is 1.52. The zero-order chi connectivity index (χ0) is 3.58. The summed E-state index contributed by atoms with van der Waals surface area (Å²) in [4.78, 5) is 0. The summed E-state index contributed by atoms with van der Waals surface area (Å²) in [6.07, 6.45) is 0. The third kappa shape index (κ3) is 29.6. The maximum absolute atomic E-state index is 4.97. The fourth-order valence-corrected chi connectivity index (χ4v) is 0. The molecular weight excluding hydrogens is 311 g/mol. The summed E-state index contributed by atoms with van der Waals surface area (Å²) >= 11 is -1.92. The third-order valence-electron chi connectivity index (χ3n) is 0. The molecule has 0 aliphatic heterocycles. The van der Waals surface area contributed by atoms with E-state index in [0.717, 1.165) is 0 Å². The molecule has 0 saturated heterocycles. The number of rotatable bonds is 0. The molecule has 0 aliphatic carbocycles. The van der Waals surface area contributed by atoms with Crippen molar-refractivity contribution in [3.05, 3.63) is 0 Å². The van der Waals surface area contributed by atoms with Crippen molar-refractivity contribution in [3.8, 4) is 0 Å². The van der Waals surface area contributed by atoms with Crippen molar-refractivity contribution in [2.45, 2.75) is 7.43 Å². The normalized spacial score (nSPS) is 9.00. The van der Waals surface area contributed by atoms with E-state index in [1.165, 1.54) is 0 Å². The van der Waals surface area contributed by atoms with Gasteiger partial charge in [0, 0.05) is 0 Å². The Labute approximate surface area is 49.6 Å². The Kier molecular flexibility index (Phi) is 10.7. The Morgan fingerprint density at radius 1 is 1.00 bits per heavy atom. The molecule has 0 heterocycles. The molecule has 0 spiro atoms. The molecular formula is CH4Cl3Ir. The molecule has 0 atom stereocenters. The van der Waals surface area contributed by atoms with Crippen molar-refractivity contribution in [2.75, 3.05) is 0 Å². The van der Waals surface area contributed by atoms with Crippen LogP contribution in [0.3, 0.4) is 0 Å². The summed E-state index contributed by atoms with van der Waals surface area (Å²) in [7, 11) is 14.9. The first kappa shape index (κ1) is 9.72. The summed E-state index contributed by atoms with van der Waals surface area (Å²) < 4.78 is 0. The first-order valence-corrected chi connectivity index (χ1v) is 9.28. The van der Waals surface area contributed by atoms with E-state index in [-0.39, 0.29) is 7.43 Å². The summed E-state index contributed by atoms with van der Waals surface area (Å²) in [5, 5.41) is 0. The monoisotopic (exact) mass is 314 g/mol. The Balaban J connectivity index is 0. The molecule has 0 saturated carbocycles. The summed E-state index contributed by atoms with van der Waals surface area (Å²) in [6.45, 7) is 0. The van der Waals surface area contributed by atoms with Crippen molar-refractivity contribution in [1.82, 2.24) is 0 Å². The molecule has 0 aromatic heterocycles. The molecule has 0 radical (unpaired) electrons. The van der Waals surface area contributed by atoms with Crippen molar-refractivity contribution in [1.29, 1.82) is 0 Å². The van der Waals surface area contributed by atoms with Crippen LogP contribution in [-0.4, -0.2) is 0 Å². The fraction of sp³-hybridized carbons (Fsp3) is 1.00. The average Bonchev–Trinajstić information content (AvgIpc) is 0.811. The van der Waals surface area contributed by atoms with E-state index in [4.69, 9.17) is 28.8 Å². The zero-order valence-electron chi connectivity index (χ0n) is 1.47. The van der Waals surface area contributed by atoms with Gasteiger partial charge in [-0.2, -0.15) is 0 Å². The third-order valence-corrected chi connectivity index (χ3v) is 0. The van der Waals surface area contributed by atoms with Crippen LogP contribution in [0.25, 0.3) is 0 Å². The molecule has 5 heavy (non-hydrogen) atoms. The van der Waals surface area contributed by atoms with Crippen LogP contribution in [0.15, 0.2) is 0 Å². The van der Waals surface area contributed by atoms with Gasteiger partial charge in [0.15, 0.2) is 0 Å². The van der Waals surface area contributed by atoms with Gasteiger partial charge in [-0.1, -0.05) is 7.43 Å². The predicted molar refractivity (Wildman–Crippen MR) is 24.3 cm³/mol. The predicted octanol–water partition coefficient (Wildman–Crippen LogP) is 2.70. The molecule has 0 aromatic carbocycles. The Morgan fingerprint density at radius 2 is 1.00 bits per heavy atom. The van der Waals surface area contributed by atoms with Crippen molar-refractivity contribution < 1.29 is 13.5 Å². The van der Waals surface area contributed by atoms with Gasteiger partial charge in [-0.25, -0.2) is 0 Å². The van der Waals surface area contributed by atoms with Crippen LogP contribution < -0.4 is 0 Å². The minimum absolute atomic E-state index is 0. The standard InChI is InChI=1S/CH4.3ClH.Ir/h1H4;3*1H;/q;;;;+3/p-3. The van der Waals surface area contributed by atoms with Gasteiger partial charge >= 0.3 is 42.2 Å². The van der Waals surface area contributed by atoms with E-state index < -0.39 is 13.5 Å². The molecule has 38 valence electrons. The van der Waals surface area contributed by atoms with Crippen molar-refractivity contribution in [3.63, 3.8) is 0 Å². The quantitative estimate of drug-likeness (QED) is 0.645. The van der Waals surface area contributed by atoms with Crippen LogP contribution in [0, 0.1) is 0 Å². The van der Waals surface area contributed by atoms with E-state index >= 15 is 0 Å². The molecule has 0 bridgehead atoms. The van der Waals surface area contributed by atoms with Crippen LogP contribution in [0.4, 0.5) is 0 Å². The molecule has 0 rings (SSSR count). The Bertz CT molecular complexity index is 11.6. The van der Waals surface area contributed by atoms with Crippen LogP contribution >= 0.6 is 28.8 Å². The molecule has 0 unspecified atom stereocenters. The van der Waals surface area contributed by atoms with E-state index in [2.05, 4.69) is 0 Å². The molecule has 0 aliphatic rings. The number of hydrogen-bond acceptors (Lipinski definition) is 0. The summed E-state index contributed by atoms with van der Waals surface area (Å²) in [5.74, 6) is 0. The second-order valence-electron chi connectivity index (χ2n) is 0.143. The van der Waals surface area contributed by atoms with Gasteiger partial charge in [-0.05, 0) is 0 Å². The molecule has 0 nitrogen and oxygen atoms in total. The van der Waals surface area contributed by atoms with Crippen molar-refractivity contribution in [2.24, 2.45) is 0 Å². The topological polar surface area (TPSA) is 0 Å². The molecule has 0 N–H and O–H groups in total. The van der Waals surface area contributed by atoms with E-state index in [1.807, 2.05) is 0 Å². The first-order valence-electron chi connectivity index (χ1n) is 0.378. The maximum atomic E-state index is 4.97. The zero-order valence-corrected chi connectivity index (χ0v) is 6.13. The van der Waals surface area contributed by atoms with E-state index in [0.29, 0.717) is 0 Å². The summed E-state index contributed by atoms with van der Waals surface area (Å²) in [5.41, 5.74) is 0.